The summed E-state index contributed by atoms with van der Waals surface area (Å²) in [7, 11) is 1.70. The number of carbonyl (C=O) groups excluding carboxylic acids is 1. The van der Waals surface area contributed by atoms with Crippen LogP contribution >= 0.6 is 12.6 Å². The average molecular weight is 118 g/mol. The highest BCUT2D eigenvalue weighted by atomic mass is 32.1. The van der Waals surface area contributed by atoms with Crippen LogP contribution in [0.5, 0.6) is 0 Å². The van der Waals surface area contributed by atoms with E-state index in [4.69, 9.17) is 0 Å². The molecule has 0 fully saturated rings. The Morgan fingerprint density at radius 3 is 2.57 bits per heavy atom. The Bertz CT molecular complexity index is 53.7. The molecule has 0 heterocycles. The normalized spacial score (nSPS) is 13.4. The minimum atomic E-state index is -0.205. The highest BCUT2D eigenvalue weighted by Crippen LogP contribution is 1.78. The Labute approximate surface area is 48.7 Å². The number of hydrogen-bond donors (Lipinski definition) is 2. The van der Waals surface area contributed by atoms with Gasteiger partial charge in [-0.1, -0.05) is 0 Å². The van der Waals surface area contributed by atoms with Crippen molar-refractivity contribution in [2.24, 2.45) is 0 Å². The molecule has 0 rings (SSSR count). The van der Waals surface area contributed by atoms with E-state index in [1.807, 2.05) is 0 Å². The van der Waals surface area contributed by atoms with Crippen LogP contribution in [0.3, 0.4) is 0 Å². The molecule has 0 saturated carbocycles. The molecule has 0 aliphatic carbocycles. The van der Waals surface area contributed by atoms with Crippen molar-refractivity contribution in [1.82, 2.24) is 5.32 Å². The van der Waals surface area contributed by atoms with Crippen LogP contribution in [0.25, 0.3) is 0 Å². The summed E-state index contributed by atoms with van der Waals surface area (Å²) in [5.74, 6) is 0.514. The van der Waals surface area contributed by atoms with Gasteiger partial charge in [-0.3, -0.25) is 4.79 Å². The van der Waals surface area contributed by atoms with Gasteiger partial charge in [0.25, 0.3) is 0 Å². The van der Waals surface area contributed by atoms with Gasteiger partial charge in [0, 0.05) is 5.75 Å². The Morgan fingerprint density at radius 2 is 2.57 bits per heavy atom. The molecule has 3 heteroatoms. The smallest absolute Gasteiger partial charge is 0.217 e. The van der Waals surface area contributed by atoms with Crippen LogP contribution in [0.15, 0.2) is 0 Å². The molecule has 7 heavy (non-hydrogen) atoms. The molecule has 2 nitrogen and oxygen atoms in total. The van der Waals surface area contributed by atoms with Gasteiger partial charge < -0.3 is 5.32 Å². The van der Waals surface area contributed by atoms with Crippen LogP contribution in [-0.4, -0.2) is 25.1 Å². The third-order valence-electron chi connectivity index (χ3n) is 0.673. The largest absolute Gasteiger partial charge is 0.309 e. The van der Waals surface area contributed by atoms with Gasteiger partial charge in [-0.2, -0.15) is 12.6 Å². The molecule has 0 spiro atoms. The summed E-state index contributed by atoms with van der Waals surface area (Å²) in [5, 5.41) is 2.70. The predicted octanol–water partition coefficient (Wildman–Crippen LogP) is -0.386. The molecule has 0 amide bonds. The molecule has 1 atom stereocenters. The van der Waals surface area contributed by atoms with Crippen LogP contribution in [0.4, 0.5) is 0 Å². The molecule has 0 saturated heterocycles. The number of rotatable bonds is 3. The van der Waals surface area contributed by atoms with E-state index < -0.39 is 0 Å². The molecule has 0 aliphatic heterocycles. The van der Waals surface area contributed by atoms with Crippen molar-refractivity contribution in [3.05, 3.63) is 0 Å². The average Bonchev–Trinajstić information content (AvgIpc) is 1.72. The van der Waals surface area contributed by atoms with E-state index in [1.54, 1.807) is 13.3 Å². The van der Waals surface area contributed by atoms with Crippen molar-refractivity contribution >= 4 is 18.9 Å². The molecular weight excluding hydrogens is 110 g/mol. The van der Waals surface area contributed by atoms with Crippen LogP contribution in [0.1, 0.15) is 0 Å². The molecule has 0 aliphatic rings. The maximum absolute atomic E-state index is 9.73. The van der Waals surface area contributed by atoms with E-state index in [0.29, 0.717) is 5.75 Å². The van der Waals surface area contributed by atoms with Gasteiger partial charge in [0.05, 0.1) is 6.04 Å². The van der Waals surface area contributed by atoms with Gasteiger partial charge in [0.1, 0.15) is 0 Å². The highest BCUT2D eigenvalue weighted by Gasteiger charge is 1.97. The minimum Gasteiger partial charge on any atom is -0.309 e. The lowest BCUT2D eigenvalue weighted by atomic mass is 10.4. The first-order valence-electron chi connectivity index (χ1n) is 2.01. The molecule has 1 radical (unpaired) electrons. The lowest BCUT2D eigenvalue weighted by molar-refractivity contribution is 0.536. The second kappa shape index (κ2) is 4.15. The van der Waals surface area contributed by atoms with Crippen molar-refractivity contribution in [1.29, 1.82) is 0 Å². The molecule has 41 valence electrons. The topological polar surface area (TPSA) is 29.1 Å². The summed E-state index contributed by atoms with van der Waals surface area (Å²) >= 11 is 3.85. The molecule has 1 N–H and O–H groups in total. The van der Waals surface area contributed by atoms with Gasteiger partial charge in [-0.25, -0.2) is 0 Å². The maximum Gasteiger partial charge on any atom is 0.217 e. The van der Waals surface area contributed by atoms with Crippen molar-refractivity contribution in [3.8, 4) is 0 Å². The second-order valence-corrected chi connectivity index (χ2v) is 1.51. The van der Waals surface area contributed by atoms with E-state index in [2.05, 4.69) is 17.9 Å². The fourth-order valence-corrected chi connectivity index (χ4v) is 0.445. The van der Waals surface area contributed by atoms with Gasteiger partial charge >= 0.3 is 0 Å². The SMILES string of the molecule is CN[C@@H]([C]=O)CS. The van der Waals surface area contributed by atoms with Crippen LogP contribution < -0.4 is 5.32 Å². The summed E-state index contributed by atoms with van der Waals surface area (Å²) in [4.78, 5) is 9.73. The van der Waals surface area contributed by atoms with Crippen molar-refractivity contribution < 1.29 is 4.79 Å². The monoisotopic (exact) mass is 118 g/mol. The van der Waals surface area contributed by atoms with Gasteiger partial charge in [-0.05, 0) is 7.05 Å². The Balaban J connectivity index is 3.16. The van der Waals surface area contributed by atoms with E-state index >= 15 is 0 Å². The Hall–Kier alpha value is -0.0200. The highest BCUT2D eigenvalue weighted by molar-refractivity contribution is 7.80. The number of nitrogens with one attached hydrogen (secondary N) is 1. The Kier molecular flexibility index (Phi) is 4.14. The first kappa shape index (κ1) is 6.98. The van der Waals surface area contributed by atoms with Gasteiger partial charge in [-0.15, -0.1) is 0 Å². The lowest BCUT2D eigenvalue weighted by Crippen LogP contribution is -2.27. The molecular formula is C4H8NOS. The Morgan fingerprint density at radius 1 is 2.00 bits per heavy atom. The predicted molar refractivity (Wildman–Crippen MR) is 32.4 cm³/mol. The van der Waals surface area contributed by atoms with E-state index in [-0.39, 0.29) is 6.04 Å². The van der Waals surface area contributed by atoms with E-state index in [0.717, 1.165) is 0 Å². The second-order valence-electron chi connectivity index (χ2n) is 1.14. The number of likely N-dealkylation sites (N-methyl/N-ethyl adjacent to an activating group) is 1. The summed E-state index contributed by atoms with van der Waals surface area (Å²) in [6.45, 7) is 0. The van der Waals surface area contributed by atoms with E-state index in [1.165, 1.54) is 0 Å². The molecule has 0 unspecified atom stereocenters. The summed E-state index contributed by atoms with van der Waals surface area (Å²) in [6, 6.07) is -0.205. The minimum absolute atomic E-state index is 0.205. The first-order valence-corrected chi connectivity index (χ1v) is 2.64. The zero-order valence-electron chi connectivity index (χ0n) is 4.14. The molecule has 0 aromatic rings. The van der Waals surface area contributed by atoms with E-state index in [9.17, 15) is 4.79 Å². The molecule has 0 aromatic heterocycles. The summed E-state index contributed by atoms with van der Waals surface area (Å²) in [6.07, 6.45) is 1.76. The van der Waals surface area contributed by atoms with Gasteiger partial charge in [0.2, 0.25) is 6.29 Å². The van der Waals surface area contributed by atoms with Gasteiger partial charge in [0.15, 0.2) is 0 Å². The standard InChI is InChI=1S/C4H8NOS/c1-5-4(2-6)3-7/h4-5,7H,3H2,1H3/t4-/m0/s1. The van der Waals surface area contributed by atoms with Crippen LogP contribution in [0.2, 0.25) is 0 Å². The third-order valence-corrected chi connectivity index (χ3v) is 1.04. The maximum atomic E-state index is 9.73. The summed E-state index contributed by atoms with van der Waals surface area (Å²) in [5.41, 5.74) is 0. The summed E-state index contributed by atoms with van der Waals surface area (Å²) < 4.78 is 0. The fraction of sp³-hybridized carbons (Fsp3) is 0.750. The molecule has 0 bridgehead atoms. The quantitative estimate of drug-likeness (QED) is 0.494. The van der Waals surface area contributed by atoms with Crippen LogP contribution in [-0.2, 0) is 4.79 Å². The zero-order valence-corrected chi connectivity index (χ0v) is 5.03. The lowest BCUT2D eigenvalue weighted by Gasteiger charge is -1.99. The van der Waals surface area contributed by atoms with Crippen molar-refractivity contribution in [2.75, 3.05) is 12.8 Å². The zero-order chi connectivity index (χ0) is 5.70. The van der Waals surface area contributed by atoms with Crippen molar-refractivity contribution in [2.45, 2.75) is 6.04 Å². The molecule has 0 aromatic carbocycles. The fourth-order valence-electron chi connectivity index (χ4n) is 0.187. The van der Waals surface area contributed by atoms with Crippen LogP contribution in [0, 0.1) is 0 Å². The van der Waals surface area contributed by atoms with Crippen molar-refractivity contribution in [3.63, 3.8) is 0 Å². The third kappa shape index (κ3) is 2.65. The number of hydrogen-bond acceptors (Lipinski definition) is 3. The first-order chi connectivity index (χ1) is 3.35. The number of thiol groups is 1.